The Kier molecular flexibility index (Phi) is 11.3. The molecule has 1 N–H and O–H groups in total. The van der Waals surface area contributed by atoms with Crippen molar-refractivity contribution in [2.24, 2.45) is 0 Å². The molecule has 1 aliphatic heterocycles. The van der Waals surface area contributed by atoms with E-state index in [1.807, 2.05) is 18.2 Å². The van der Waals surface area contributed by atoms with Crippen LogP contribution >= 0.6 is 0 Å². The molecule has 1 aliphatic rings. The van der Waals surface area contributed by atoms with E-state index >= 15 is 0 Å². The molecule has 0 unspecified atom stereocenters. The molecule has 11 heteroatoms. The van der Waals surface area contributed by atoms with Gasteiger partial charge in [-0.2, -0.15) is 26.3 Å². The Morgan fingerprint density at radius 3 is 2.04 bits per heavy atom. The smallest absolute Gasteiger partial charge is 0.416 e. The Morgan fingerprint density at radius 1 is 0.889 bits per heavy atom. The molecular formula is C34H35F6NO4. The first-order chi connectivity index (χ1) is 21.4. The van der Waals surface area contributed by atoms with Crippen molar-refractivity contribution >= 4 is 6.09 Å². The molecule has 4 rings (SSSR count). The summed E-state index contributed by atoms with van der Waals surface area (Å²) in [6.45, 7) is 2.64. The molecule has 3 aromatic rings. The number of carbonyl (C=O) groups excluding carboxylic acids is 1. The topological polar surface area (TPSA) is 56.8 Å². The van der Waals surface area contributed by atoms with Crippen molar-refractivity contribution in [3.63, 3.8) is 0 Å². The summed E-state index contributed by atoms with van der Waals surface area (Å²) in [7, 11) is 0. The van der Waals surface area contributed by atoms with Gasteiger partial charge in [0.15, 0.2) is 6.29 Å². The Balaban J connectivity index is 1.65. The highest BCUT2D eigenvalue weighted by Crippen LogP contribution is 2.40. The molecule has 2 atom stereocenters. The van der Waals surface area contributed by atoms with E-state index in [-0.39, 0.29) is 31.1 Å². The van der Waals surface area contributed by atoms with E-state index in [4.69, 9.17) is 14.2 Å². The second-order valence-electron chi connectivity index (χ2n) is 11.0. The predicted molar refractivity (Wildman–Crippen MR) is 156 cm³/mol. The van der Waals surface area contributed by atoms with Gasteiger partial charge in [0.1, 0.15) is 6.61 Å². The Morgan fingerprint density at radius 2 is 1.47 bits per heavy atom. The fraction of sp³-hybridized carbons (Fsp3) is 0.382. The summed E-state index contributed by atoms with van der Waals surface area (Å²) < 4.78 is 98.2. The Hall–Kier alpha value is -3.83. The number of rotatable bonds is 11. The van der Waals surface area contributed by atoms with Gasteiger partial charge in [-0.25, -0.2) is 4.79 Å². The molecule has 1 fully saturated rings. The minimum atomic E-state index is -4.96. The van der Waals surface area contributed by atoms with Gasteiger partial charge in [0, 0.05) is 6.42 Å². The lowest BCUT2D eigenvalue weighted by Crippen LogP contribution is -2.45. The number of halogens is 6. The molecule has 1 amide bonds. The molecule has 1 saturated heterocycles. The van der Waals surface area contributed by atoms with Crippen LogP contribution in [0.3, 0.4) is 0 Å². The van der Waals surface area contributed by atoms with Crippen molar-refractivity contribution in [3.8, 4) is 0 Å². The van der Waals surface area contributed by atoms with E-state index in [0.717, 1.165) is 24.1 Å². The summed E-state index contributed by atoms with van der Waals surface area (Å²) in [6.07, 6.45) is -6.24. The number of hydrogen-bond donors (Lipinski definition) is 1. The van der Waals surface area contributed by atoms with Crippen molar-refractivity contribution in [1.29, 1.82) is 0 Å². The number of alkyl carbamates (subject to hydrolysis) is 1. The van der Waals surface area contributed by atoms with E-state index in [1.165, 1.54) is 0 Å². The molecule has 0 bridgehead atoms. The first kappa shape index (κ1) is 34.1. The van der Waals surface area contributed by atoms with Crippen LogP contribution in [0.1, 0.15) is 66.3 Å². The third-order valence-corrected chi connectivity index (χ3v) is 7.60. The predicted octanol–water partition coefficient (Wildman–Crippen LogP) is 9.14. The zero-order valence-corrected chi connectivity index (χ0v) is 24.7. The van der Waals surface area contributed by atoms with Gasteiger partial charge < -0.3 is 19.5 Å². The zero-order valence-electron chi connectivity index (χ0n) is 24.7. The number of alkyl halides is 6. The highest BCUT2D eigenvalue weighted by molar-refractivity contribution is 5.69. The largest absolute Gasteiger partial charge is 0.445 e. The summed E-state index contributed by atoms with van der Waals surface area (Å²) in [5.41, 5.74) is -2.67. The number of benzene rings is 3. The summed E-state index contributed by atoms with van der Waals surface area (Å²) in [5.74, 6) is -0.739. The molecule has 0 aromatic heterocycles. The van der Waals surface area contributed by atoms with Gasteiger partial charge in [-0.05, 0) is 60.1 Å². The maximum absolute atomic E-state index is 13.6. The minimum Gasteiger partial charge on any atom is -0.445 e. The lowest BCUT2D eigenvalue weighted by atomic mass is 9.81. The first-order valence-corrected chi connectivity index (χ1v) is 14.6. The molecule has 5 nitrogen and oxygen atoms in total. The van der Waals surface area contributed by atoms with Gasteiger partial charge in [-0.3, -0.25) is 0 Å². The first-order valence-electron chi connectivity index (χ1n) is 14.6. The van der Waals surface area contributed by atoms with Crippen molar-refractivity contribution in [1.82, 2.24) is 5.32 Å². The molecule has 3 aromatic carbocycles. The van der Waals surface area contributed by atoms with Gasteiger partial charge in [0.05, 0.1) is 29.9 Å². The Labute approximate surface area is 258 Å². The molecular weight excluding hydrogens is 600 g/mol. The molecule has 0 saturated carbocycles. The SMILES string of the molecule is C[C@@H](CC[C@@](C=CCC1OCCCO1)(NC(=O)OCc1ccccc1)c1ccccc1)c1cc(C(F)(F)F)cc(C(F)(F)F)c1. The van der Waals surface area contributed by atoms with E-state index < -0.39 is 47.3 Å². The standard InChI is InChI=1S/C34H35F6NO4/c1-24(26-20-28(33(35,36)37)22-29(21-26)34(38,39)40)15-17-32(27-12-6-3-7-13-27,16-8-14-30-43-18-9-19-44-30)41-31(42)45-23-25-10-4-2-5-11-25/h2-8,10-13,16,20-22,24,30H,9,14-15,17-19,23H2,1H3,(H,41,42)/t24-,32+/m0/s1. The zero-order chi connectivity index (χ0) is 32.5. The third-order valence-electron chi connectivity index (χ3n) is 7.60. The summed E-state index contributed by atoms with van der Waals surface area (Å²) in [6, 6.07) is 19.6. The van der Waals surface area contributed by atoms with Gasteiger partial charge in [0.25, 0.3) is 0 Å². The number of ether oxygens (including phenoxy) is 3. The lowest BCUT2D eigenvalue weighted by Gasteiger charge is -2.34. The van der Waals surface area contributed by atoms with Crippen LogP contribution in [-0.4, -0.2) is 25.6 Å². The number of nitrogens with one attached hydrogen (secondary N) is 1. The fourth-order valence-corrected chi connectivity index (χ4v) is 5.10. The van der Waals surface area contributed by atoms with Crippen LogP contribution in [-0.2, 0) is 38.7 Å². The highest BCUT2D eigenvalue weighted by atomic mass is 19.4. The minimum absolute atomic E-state index is 0.00807. The highest BCUT2D eigenvalue weighted by Gasteiger charge is 2.38. The normalized spacial score (nSPS) is 16.7. The van der Waals surface area contributed by atoms with Crippen molar-refractivity contribution in [2.75, 3.05) is 13.2 Å². The average molecular weight is 636 g/mol. The summed E-state index contributed by atoms with van der Waals surface area (Å²) in [4.78, 5) is 13.2. The monoisotopic (exact) mass is 635 g/mol. The van der Waals surface area contributed by atoms with Crippen molar-refractivity contribution in [3.05, 3.63) is 119 Å². The van der Waals surface area contributed by atoms with Crippen LogP contribution in [0.25, 0.3) is 0 Å². The van der Waals surface area contributed by atoms with Crippen LogP contribution in [0.2, 0.25) is 0 Å². The number of amides is 1. The van der Waals surface area contributed by atoms with Gasteiger partial charge in [-0.15, -0.1) is 0 Å². The number of hydrogen-bond acceptors (Lipinski definition) is 4. The van der Waals surface area contributed by atoms with E-state index in [9.17, 15) is 31.1 Å². The molecule has 1 heterocycles. The average Bonchev–Trinajstić information content (AvgIpc) is 3.03. The van der Waals surface area contributed by atoms with Crippen LogP contribution in [0.4, 0.5) is 31.1 Å². The van der Waals surface area contributed by atoms with E-state index in [0.29, 0.717) is 25.2 Å². The quantitative estimate of drug-likeness (QED) is 0.169. The second-order valence-corrected chi connectivity index (χ2v) is 11.0. The van der Waals surface area contributed by atoms with Crippen molar-refractivity contribution < 1.29 is 45.3 Å². The molecule has 242 valence electrons. The second kappa shape index (κ2) is 15.0. The van der Waals surface area contributed by atoms with E-state index in [2.05, 4.69) is 5.32 Å². The molecule has 0 spiro atoms. The van der Waals surface area contributed by atoms with Gasteiger partial charge >= 0.3 is 18.4 Å². The van der Waals surface area contributed by atoms with E-state index in [1.54, 1.807) is 61.5 Å². The summed E-state index contributed by atoms with van der Waals surface area (Å²) in [5, 5.41) is 2.94. The van der Waals surface area contributed by atoms with Gasteiger partial charge in [0.2, 0.25) is 0 Å². The Bertz CT molecular complexity index is 1370. The maximum atomic E-state index is 13.6. The lowest BCUT2D eigenvalue weighted by molar-refractivity contribution is -0.175. The summed E-state index contributed by atoms with van der Waals surface area (Å²) >= 11 is 0. The maximum Gasteiger partial charge on any atom is 0.416 e. The molecule has 0 aliphatic carbocycles. The number of carbonyl (C=O) groups is 1. The molecule has 0 radical (unpaired) electrons. The molecule has 45 heavy (non-hydrogen) atoms. The van der Waals surface area contributed by atoms with Crippen molar-refractivity contribution in [2.45, 2.75) is 69.3 Å². The van der Waals surface area contributed by atoms with Crippen LogP contribution in [0.15, 0.2) is 91.0 Å². The van der Waals surface area contributed by atoms with Crippen LogP contribution < -0.4 is 5.32 Å². The van der Waals surface area contributed by atoms with Crippen LogP contribution in [0.5, 0.6) is 0 Å². The van der Waals surface area contributed by atoms with Crippen LogP contribution in [0, 0.1) is 0 Å². The third kappa shape index (κ3) is 9.83. The fourth-order valence-electron chi connectivity index (χ4n) is 5.10. The van der Waals surface area contributed by atoms with Gasteiger partial charge in [-0.1, -0.05) is 79.7 Å².